The highest BCUT2D eigenvalue weighted by atomic mass is 16.5. The summed E-state index contributed by atoms with van der Waals surface area (Å²) in [5, 5.41) is 3.64. The van der Waals surface area contributed by atoms with Gasteiger partial charge >= 0.3 is 0 Å². The molecule has 1 aromatic carbocycles. The van der Waals surface area contributed by atoms with Crippen LogP contribution in [0.25, 0.3) is 0 Å². The van der Waals surface area contributed by atoms with E-state index in [1.807, 2.05) is 18.0 Å². The van der Waals surface area contributed by atoms with E-state index in [2.05, 4.69) is 33.4 Å². The number of nitrogens with zero attached hydrogens (tertiary/aromatic N) is 3. The van der Waals surface area contributed by atoms with Gasteiger partial charge in [0.1, 0.15) is 5.75 Å². The third-order valence-electron chi connectivity index (χ3n) is 6.64. The lowest BCUT2D eigenvalue weighted by atomic mass is 9.78. The van der Waals surface area contributed by atoms with Crippen LogP contribution >= 0.6 is 0 Å². The maximum Gasteiger partial charge on any atom is 0.289 e. The number of carbonyl (C=O) groups excluding carboxylic acids is 1. The van der Waals surface area contributed by atoms with E-state index in [0.717, 1.165) is 44.2 Å². The van der Waals surface area contributed by atoms with Crippen molar-refractivity contribution < 1.29 is 13.9 Å². The molecule has 4 rings (SSSR count). The molecule has 1 saturated heterocycles. The van der Waals surface area contributed by atoms with E-state index < -0.39 is 0 Å². The molecule has 2 heterocycles. The molecule has 1 amide bonds. The van der Waals surface area contributed by atoms with E-state index in [0.29, 0.717) is 18.8 Å². The maximum atomic E-state index is 12.5. The molecule has 7 nitrogen and oxygen atoms in total. The first kappa shape index (κ1) is 21.3. The number of amides is 1. The average molecular weight is 425 g/mol. The summed E-state index contributed by atoms with van der Waals surface area (Å²) in [4.78, 5) is 21.1. The number of carbonyl (C=O) groups is 1. The molecular weight excluding hydrogens is 392 g/mol. The van der Waals surface area contributed by atoms with Crippen LogP contribution in [0.15, 0.2) is 52.1 Å². The minimum atomic E-state index is -0.0458. The number of guanidine groups is 1. The number of rotatable bonds is 5. The maximum absolute atomic E-state index is 12.5. The van der Waals surface area contributed by atoms with Gasteiger partial charge in [-0.25, -0.2) is 0 Å². The average Bonchev–Trinajstić information content (AvgIpc) is 3.53. The van der Waals surface area contributed by atoms with Crippen LogP contribution in [-0.2, 0) is 5.41 Å². The number of benzene rings is 1. The molecule has 1 aromatic heterocycles. The second-order valence-corrected chi connectivity index (χ2v) is 8.38. The Hall–Kier alpha value is -2.96. The van der Waals surface area contributed by atoms with Crippen LogP contribution in [0.3, 0.4) is 0 Å². The summed E-state index contributed by atoms with van der Waals surface area (Å²) in [7, 11) is 3.55. The molecule has 1 aliphatic heterocycles. The summed E-state index contributed by atoms with van der Waals surface area (Å²) in [5.74, 6) is 2.16. The van der Waals surface area contributed by atoms with Crippen molar-refractivity contribution in [2.24, 2.45) is 4.99 Å². The highest BCUT2D eigenvalue weighted by Crippen LogP contribution is 2.41. The van der Waals surface area contributed by atoms with Gasteiger partial charge in [-0.15, -0.1) is 0 Å². The van der Waals surface area contributed by atoms with Gasteiger partial charge in [0.15, 0.2) is 11.7 Å². The lowest BCUT2D eigenvalue weighted by Gasteiger charge is -2.38. The summed E-state index contributed by atoms with van der Waals surface area (Å²) < 4.78 is 10.7. The first-order valence-corrected chi connectivity index (χ1v) is 11.1. The van der Waals surface area contributed by atoms with Gasteiger partial charge in [-0.2, -0.15) is 0 Å². The standard InChI is InChI=1S/C24H32N4O3/c1-25-23(28-14-12-27(13-15-28)22(29)21-9-6-16-31-21)26-18-24(10-3-4-11-24)19-7-5-8-20(17-19)30-2/h5-9,16-17H,3-4,10-15,18H2,1-2H3,(H,25,26). The number of aliphatic imine (C=N–C) groups is 1. The van der Waals surface area contributed by atoms with Gasteiger partial charge in [0.25, 0.3) is 5.91 Å². The number of nitrogens with one attached hydrogen (secondary N) is 1. The van der Waals surface area contributed by atoms with E-state index in [1.165, 1.54) is 24.7 Å². The summed E-state index contributed by atoms with van der Waals surface area (Å²) in [6.07, 6.45) is 6.34. The molecular formula is C24H32N4O3. The molecule has 0 atom stereocenters. The van der Waals surface area contributed by atoms with Crippen molar-refractivity contribution in [3.8, 4) is 5.75 Å². The lowest BCUT2D eigenvalue weighted by molar-refractivity contribution is 0.0657. The second kappa shape index (κ2) is 9.45. The SMILES string of the molecule is CN=C(NCC1(c2cccc(OC)c2)CCCC1)N1CCN(C(=O)c2ccco2)CC1. The van der Waals surface area contributed by atoms with Crippen molar-refractivity contribution in [1.82, 2.24) is 15.1 Å². The van der Waals surface area contributed by atoms with Crippen molar-refractivity contribution >= 4 is 11.9 Å². The molecule has 1 N–H and O–H groups in total. The van der Waals surface area contributed by atoms with Crippen LogP contribution in [-0.4, -0.2) is 68.5 Å². The van der Waals surface area contributed by atoms with Crippen LogP contribution < -0.4 is 10.1 Å². The molecule has 0 unspecified atom stereocenters. The number of hydrogen-bond donors (Lipinski definition) is 1. The fourth-order valence-electron chi connectivity index (χ4n) is 4.83. The number of piperazine rings is 1. The number of methoxy groups -OCH3 is 1. The monoisotopic (exact) mass is 424 g/mol. The Morgan fingerprint density at radius 1 is 1.13 bits per heavy atom. The normalized spacial score (nSPS) is 18.8. The first-order chi connectivity index (χ1) is 15.1. The molecule has 2 aromatic rings. The van der Waals surface area contributed by atoms with E-state index in [-0.39, 0.29) is 11.3 Å². The van der Waals surface area contributed by atoms with Gasteiger partial charge in [0.05, 0.1) is 13.4 Å². The Bertz CT molecular complexity index is 895. The Morgan fingerprint density at radius 3 is 2.52 bits per heavy atom. The largest absolute Gasteiger partial charge is 0.497 e. The Balaban J connectivity index is 1.38. The highest BCUT2D eigenvalue weighted by molar-refractivity contribution is 5.91. The van der Waals surface area contributed by atoms with E-state index >= 15 is 0 Å². The van der Waals surface area contributed by atoms with Crippen molar-refractivity contribution in [1.29, 1.82) is 0 Å². The molecule has 0 bridgehead atoms. The third-order valence-corrected chi connectivity index (χ3v) is 6.64. The molecule has 2 aliphatic rings. The molecule has 0 spiro atoms. The van der Waals surface area contributed by atoms with Crippen molar-refractivity contribution in [3.63, 3.8) is 0 Å². The molecule has 0 radical (unpaired) electrons. The van der Waals surface area contributed by atoms with Gasteiger partial charge in [0, 0.05) is 45.2 Å². The summed E-state index contributed by atoms with van der Waals surface area (Å²) >= 11 is 0. The minimum Gasteiger partial charge on any atom is -0.497 e. The Labute approximate surface area is 184 Å². The van der Waals surface area contributed by atoms with Gasteiger partial charge in [-0.1, -0.05) is 25.0 Å². The van der Waals surface area contributed by atoms with Gasteiger partial charge < -0.3 is 24.3 Å². The number of ether oxygens (including phenoxy) is 1. The zero-order valence-corrected chi connectivity index (χ0v) is 18.5. The smallest absolute Gasteiger partial charge is 0.289 e. The van der Waals surface area contributed by atoms with Crippen molar-refractivity contribution in [2.75, 3.05) is 46.9 Å². The fourth-order valence-corrected chi connectivity index (χ4v) is 4.83. The topological polar surface area (TPSA) is 70.3 Å². The molecule has 1 aliphatic carbocycles. The zero-order chi connectivity index (χ0) is 21.7. The predicted octanol–water partition coefficient (Wildman–Crippen LogP) is 3.13. The van der Waals surface area contributed by atoms with E-state index in [4.69, 9.17) is 9.15 Å². The van der Waals surface area contributed by atoms with Gasteiger partial charge in [-0.05, 0) is 42.7 Å². The van der Waals surface area contributed by atoms with Gasteiger partial charge in [-0.3, -0.25) is 9.79 Å². The molecule has 2 fully saturated rings. The minimum absolute atomic E-state index is 0.0458. The molecule has 31 heavy (non-hydrogen) atoms. The summed E-state index contributed by atoms with van der Waals surface area (Å²) in [5.41, 5.74) is 1.43. The molecule has 7 heteroatoms. The number of hydrogen-bond acceptors (Lipinski definition) is 4. The van der Waals surface area contributed by atoms with Crippen LogP contribution in [0, 0.1) is 0 Å². The van der Waals surface area contributed by atoms with Crippen LogP contribution in [0.2, 0.25) is 0 Å². The molecule has 166 valence electrons. The number of furan rings is 1. The lowest BCUT2D eigenvalue weighted by Crippen LogP contribution is -2.55. The van der Waals surface area contributed by atoms with E-state index in [1.54, 1.807) is 19.2 Å². The predicted molar refractivity (Wildman–Crippen MR) is 121 cm³/mol. The van der Waals surface area contributed by atoms with Gasteiger partial charge in [0.2, 0.25) is 0 Å². The first-order valence-electron chi connectivity index (χ1n) is 11.1. The van der Waals surface area contributed by atoms with Crippen molar-refractivity contribution in [3.05, 3.63) is 54.0 Å². The Kier molecular flexibility index (Phi) is 6.49. The quantitative estimate of drug-likeness (QED) is 0.590. The fraction of sp³-hybridized carbons (Fsp3) is 0.500. The van der Waals surface area contributed by atoms with E-state index in [9.17, 15) is 4.79 Å². The summed E-state index contributed by atoms with van der Waals surface area (Å²) in [6.45, 7) is 3.65. The van der Waals surface area contributed by atoms with Crippen molar-refractivity contribution in [2.45, 2.75) is 31.1 Å². The van der Waals surface area contributed by atoms with Crippen LogP contribution in [0.4, 0.5) is 0 Å². The second-order valence-electron chi connectivity index (χ2n) is 8.38. The molecule has 1 saturated carbocycles. The Morgan fingerprint density at radius 2 is 1.87 bits per heavy atom. The van der Waals surface area contributed by atoms with Crippen LogP contribution in [0.5, 0.6) is 5.75 Å². The highest BCUT2D eigenvalue weighted by Gasteiger charge is 2.36. The third kappa shape index (κ3) is 4.55. The van der Waals surface area contributed by atoms with Crippen LogP contribution in [0.1, 0.15) is 41.8 Å². The summed E-state index contributed by atoms with van der Waals surface area (Å²) in [6, 6.07) is 11.9. The zero-order valence-electron chi connectivity index (χ0n) is 18.5.